The molecule has 0 radical (unpaired) electrons. The number of nitrogen functional groups attached to an aromatic ring is 2. The van der Waals surface area contributed by atoms with Crippen molar-refractivity contribution in [1.29, 1.82) is 0 Å². The minimum atomic E-state index is 0.641. The van der Waals surface area contributed by atoms with E-state index in [0.717, 1.165) is 10.8 Å². The van der Waals surface area contributed by atoms with Crippen LogP contribution in [0.2, 0.25) is 0 Å². The fraction of sp³-hybridized carbons (Fsp3) is 0. The molecule has 0 aliphatic heterocycles. The number of anilines is 2. The lowest BCUT2D eigenvalue weighted by Crippen LogP contribution is -1.94. The molecule has 0 bridgehead atoms. The van der Waals surface area contributed by atoms with E-state index in [1.165, 1.54) is 10.8 Å². The molecule has 0 saturated carbocycles. The highest BCUT2D eigenvalue weighted by atomic mass is 14.7. The summed E-state index contributed by atoms with van der Waals surface area (Å²) in [7, 11) is 0. The average Bonchev–Trinajstić information content (AvgIpc) is 2.31. The summed E-state index contributed by atoms with van der Waals surface area (Å²) in [6.45, 7) is 0. The quantitative estimate of drug-likeness (QED) is 0.440. The molecule has 0 saturated heterocycles. The predicted octanol–water partition coefficient (Wildman–Crippen LogP) is 3.16. The van der Waals surface area contributed by atoms with Gasteiger partial charge in [-0.1, -0.05) is 36.4 Å². The summed E-state index contributed by atoms with van der Waals surface area (Å²) < 4.78 is 0. The highest BCUT2D eigenvalue weighted by molar-refractivity contribution is 6.09. The van der Waals surface area contributed by atoms with Crippen LogP contribution >= 0.6 is 0 Å². The lowest BCUT2D eigenvalue weighted by Gasteiger charge is -2.06. The Morgan fingerprint density at radius 1 is 0.625 bits per heavy atom. The summed E-state index contributed by atoms with van der Waals surface area (Å²) in [5.74, 6) is 0. The number of rotatable bonds is 0. The Balaban J connectivity index is 2.55. The fourth-order valence-corrected chi connectivity index (χ4v) is 2.09. The van der Waals surface area contributed by atoms with Crippen molar-refractivity contribution in [1.82, 2.24) is 0 Å². The van der Waals surface area contributed by atoms with Crippen LogP contribution in [0.15, 0.2) is 48.5 Å². The molecule has 2 heteroatoms. The molecule has 0 aliphatic rings. The van der Waals surface area contributed by atoms with Crippen LogP contribution in [0.3, 0.4) is 0 Å². The molecule has 3 aromatic carbocycles. The van der Waals surface area contributed by atoms with E-state index in [9.17, 15) is 0 Å². The largest absolute Gasteiger partial charge is 0.397 e. The lowest BCUT2D eigenvalue weighted by atomic mass is 10.0. The summed E-state index contributed by atoms with van der Waals surface area (Å²) in [6, 6.07) is 16.3. The van der Waals surface area contributed by atoms with Crippen molar-refractivity contribution in [2.24, 2.45) is 0 Å². The maximum absolute atomic E-state index is 5.85. The Morgan fingerprint density at radius 3 is 2.19 bits per heavy atom. The summed E-state index contributed by atoms with van der Waals surface area (Å²) in [5, 5.41) is 4.72. The van der Waals surface area contributed by atoms with Crippen LogP contribution in [0, 0.1) is 0 Å². The molecule has 3 rings (SSSR count). The first-order chi connectivity index (χ1) is 7.75. The van der Waals surface area contributed by atoms with E-state index in [4.69, 9.17) is 11.5 Å². The zero-order valence-corrected chi connectivity index (χ0v) is 8.77. The second-order valence-electron chi connectivity index (χ2n) is 3.99. The first-order valence-electron chi connectivity index (χ1n) is 5.22. The second kappa shape index (κ2) is 3.14. The highest BCUT2D eigenvalue weighted by Crippen LogP contribution is 2.29. The first kappa shape index (κ1) is 9.04. The van der Waals surface area contributed by atoms with Crippen LogP contribution in [0.25, 0.3) is 21.5 Å². The van der Waals surface area contributed by atoms with Gasteiger partial charge in [0.05, 0.1) is 11.4 Å². The van der Waals surface area contributed by atoms with Crippen LogP contribution in [0.1, 0.15) is 0 Å². The van der Waals surface area contributed by atoms with E-state index in [1.54, 1.807) is 0 Å². The van der Waals surface area contributed by atoms with Gasteiger partial charge < -0.3 is 11.5 Å². The van der Waals surface area contributed by atoms with Gasteiger partial charge in [0.1, 0.15) is 0 Å². The van der Waals surface area contributed by atoms with Gasteiger partial charge in [0.2, 0.25) is 0 Å². The van der Waals surface area contributed by atoms with Crippen molar-refractivity contribution in [2.45, 2.75) is 0 Å². The number of benzene rings is 3. The Kier molecular flexibility index (Phi) is 1.77. The molecule has 4 N–H and O–H groups in total. The molecule has 0 atom stereocenters. The topological polar surface area (TPSA) is 52.0 Å². The third kappa shape index (κ3) is 1.20. The molecule has 0 amide bonds. The van der Waals surface area contributed by atoms with Crippen molar-refractivity contribution in [2.75, 3.05) is 11.5 Å². The van der Waals surface area contributed by atoms with E-state index in [0.29, 0.717) is 11.4 Å². The fourth-order valence-electron chi connectivity index (χ4n) is 2.09. The molecule has 16 heavy (non-hydrogen) atoms. The third-order valence-corrected chi connectivity index (χ3v) is 2.95. The molecule has 78 valence electrons. The minimum absolute atomic E-state index is 0.641. The number of hydrogen-bond donors (Lipinski definition) is 2. The molecule has 0 aliphatic carbocycles. The summed E-state index contributed by atoms with van der Waals surface area (Å²) in [5.41, 5.74) is 12.9. The maximum atomic E-state index is 5.85. The molecule has 0 fully saturated rings. The van der Waals surface area contributed by atoms with Crippen LogP contribution < -0.4 is 11.5 Å². The first-order valence-corrected chi connectivity index (χ1v) is 5.22. The molecule has 2 nitrogen and oxygen atoms in total. The van der Waals surface area contributed by atoms with Gasteiger partial charge in [-0.2, -0.15) is 0 Å². The average molecular weight is 208 g/mol. The Labute approximate surface area is 93.5 Å². The van der Waals surface area contributed by atoms with Crippen molar-refractivity contribution >= 4 is 32.9 Å². The third-order valence-electron chi connectivity index (χ3n) is 2.95. The van der Waals surface area contributed by atoms with E-state index >= 15 is 0 Å². The molecule has 0 unspecified atom stereocenters. The Bertz CT molecular complexity index is 687. The van der Waals surface area contributed by atoms with Crippen molar-refractivity contribution in [3.8, 4) is 0 Å². The SMILES string of the molecule is Nc1cc2ccc3ccccc3c2cc1N. The Morgan fingerprint density at radius 2 is 1.31 bits per heavy atom. The molecular formula is C14H12N2. The Hall–Kier alpha value is -2.22. The van der Waals surface area contributed by atoms with Crippen molar-refractivity contribution in [3.05, 3.63) is 48.5 Å². The molecular weight excluding hydrogens is 196 g/mol. The lowest BCUT2D eigenvalue weighted by molar-refractivity contribution is 1.72. The molecule has 0 spiro atoms. The van der Waals surface area contributed by atoms with Crippen LogP contribution in [0.5, 0.6) is 0 Å². The van der Waals surface area contributed by atoms with Gasteiger partial charge in [0.15, 0.2) is 0 Å². The summed E-state index contributed by atoms with van der Waals surface area (Å²) in [4.78, 5) is 0. The highest BCUT2D eigenvalue weighted by Gasteiger charge is 2.02. The van der Waals surface area contributed by atoms with Gasteiger partial charge in [-0.15, -0.1) is 0 Å². The van der Waals surface area contributed by atoms with Gasteiger partial charge in [-0.3, -0.25) is 0 Å². The van der Waals surface area contributed by atoms with Crippen LogP contribution in [0.4, 0.5) is 11.4 Å². The van der Waals surface area contributed by atoms with E-state index in [1.807, 2.05) is 24.3 Å². The zero-order chi connectivity index (χ0) is 11.1. The summed E-state index contributed by atoms with van der Waals surface area (Å²) >= 11 is 0. The zero-order valence-electron chi connectivity index (χ0n) is 8.77. The number of nitrogens with two attached hydrogens (primary N) is 2. The van der Waals surface area contributed by atoms with Gasteiger partial charge in [0, 0.05) is 0 Å². The predicted molar refractivity (Wildman–Crippen MR) is 70.3 cm³/mol. The molecule has 0 heterocycles. The molecule has 0 aromatic heterocycles. The maximum Gasteiger partial charge on any atom is 0.0554 e. The van der Waals surface area contributed by atoms with E-state index < -0.39 is 0 Å². The van der Waals surface area contributed by atoms with E-state index in [-0.39, 0.29) is 0 Å². The van der Waals surface area contributed by atoms with Gasteiger partial charge >= 0.3 is 0 Å². The van der Waals surface area contributed by atoms with Crippen LogP contribution in [-0.4, -0.2) is 0 Å². The standard InChI is InChI=1S/C14H12N2/c15-13-7-10-6-5-9-3-1-2-4-11(9)12(10)8-14(13)16/h1-8H,15-16H2. The van der Waals surface area contributed by atoms with Gasteiger partial charge in [-0.05, 0) is 33.7 Å². The normalized spacial score (nSPS) is 11.0. The smallest absolute Gasteiger partial charge is 0.0554 e. The monoisotopic (exact) mass is 208 g/mol. The second-order valence-corrected chi connectivity index (χ2v) is 3.99. The minimum Gasteiger partial charge on any atom is -0.397 e. The van der Waals surface area contributed by atoms with Gasteiger partial charge in [-0.25, -0.2) is 0 Å². The summed E-state index contributed by atoms with van der Waals surface area (Å²) in [6.07, 6.45) is 0. The molecule has 3 aromatic rings. The van der Waals surface area contributed by atoms with Crippen molar-refractivity contribution < 1.29 is 0 Å². The number of hydrogen-bond acceptors (Lipinski definition) is 2. The van der Waals surface area contributed by atoms with Crippen LogP contribution in [-0.2, 0) is 0 Å². The number of fused-ring (bicyclic) bond motifs is 3. The van der Waals surface area contributed by atoms with Crippen molar-refractivity contribution in [3.63, 3.8) is 0 Å². The van der Waals surface area contributed by atoms with E-state index in [2.05, 4.69) is 24.3 Å². The van der Waals surface area contributed by atoms with Gasteiger partial charge in [0.25, 0.3) is 0 Å².